The molecule has 2 atom stereocenters. The van der Waals surface area contributed by atoms with E-state index >= 15 is 0 Å². The van der Waals surface area contributed by atoms with E-state index in [1.54, 1.807) is 0 Å². The normalized spacial score (nSPS) is 15.8. The molecule has 2 nitrogen and oxygen atoms in total. The maximum absolute atomic E-state index is 6.06. The summed E-state index contributed by atoms with van der Waals surface area (Å²) in [6.45, 7) is 10.1. The minimum Gasteiger partial charge on any atom is -0.327 e. The summed E-state index contributed by atoms with van der Waals surface area (Å²) in [6, 6.07) is 1.05. The van der Waals surface area contributed by atoms with Crippen molar-refractivity contribution < 1.29 is 0 Å². The summed E-state index contributed by atoms with van der Waals surface area (Å²) in [5, 5.41) is 0. The number of nitrogens with zero attached hydrogens (tertiary/aromatic N) is 1. The van der Waals surface area contributed by atoms with Gasteiger partial charge >= 0.3 is 0 Å². The first-order valence-electron chi connectivity index (χ1n) is 6.94. The fraction of sp³-hybridized carbons (Fsp3) is 1.00. The predicted octanol–water partition coefficient (Wildman–Crippen LogP) is 3.26. The minimum absolute atomic E-state index is 0.352. The number of nitrogens with two attached hydrogens (primary N) is 1. The standard InChI is InChI=1S/C14H32N2/c1-6-7-8-9-13(4)16(5)11-10-14(15)12(2)3/h12-14H,6-11,15H2,1-5H3. The van der Waals surface area contributed by atoms with Gasteiger partial charge in [-0.05, 0) is 39.3 Å². The van der Waals surface area contributed by atoms with E-state index in [4.69, 9.17) is 5.73 Å². The topological polar surface area (TPSA) is 29.3 Å². The first kappa shape index (κ1) is 15.9. The van der Waals surface area contributed by atoms with Gasteiger partial charge in [0.15, 0.2) is 0 Å². The van der Waals surface area contributed by atoms with Crippen LogP contribution in [0.3, 0.4) is 0 Å². The molecule has 0 aliphatic carbocycles. The maximum atomic E-state index is 6.06. The highest BCUT2D eigenvalue weighted by Crippen LogP contribution is 2.10. The quantitative estimate of drug-likeness (QED) is 0.614. The molecule has 98 valence electrons. The average molecular weight is 228 g/mol. The van der Waals surface area contributed by atoms with E-state index in [9.17, 15) is 0 Å². The zero-order valence-electron chi connectivity index (χ0n) is 12.0. The molecule has 0 spiro atoms. The van der Waals surface area contributed by atoms with Crippen LogP contribution in [0.15, 0.2) is 0 Å². The van der Waals surface area contributed by atoms with E-state index in [1.807, 2.05) is 0 Å². The highest BCUT2D eigenvalue weighted by Gasteiger charge is 2.12. The Morgan fingerprint density at radius 1 is 1.06 bits per heavy atom. The molecule has 2 N–H and O–H groups in total. The van der Waals surface area contributed by atoms with Gasteiger partial charge in [-0.1, -0.05) is 40.0 Å². The predicted molar refractivity (Wildman–Crippen MR) is 73.7 cm³/mol. The molecule has 0 aromatic rings. The zero-order chi connectivity index (χ0) is 12.6. The van der Waals surface area contributed by atoms with Crippen LogP contribution in [-0.4, -0.2) is 30.6 Å². The summed E-state index contributed by atoms with van der Waals surface area (Å²) >= 11 is 0. The summed E-state index contributed by atoms with van der Waals surface area (Å²) in [7, 11) is 2.23. The average Bonchev–Trinajstić information content (AvgIpc) is 2.25. The van der Waals surface area contributed by atoms with Crippen molar-refractivity contribution >= 4 is 0 Å². The van der Waals surface area contributed by atoms with Gasteiger partial charge in [0.2, 0.25) is 0 Å². The Bertz CT molecular complexity index is 157. The van der Waals surface area contributed by atoms with Crippen molar-refractivity contribution in [3.63, 3.8) is 0 Å². The molecular formula is C14H32N2. The van der Waals surface area contributed by atoms with Gasteiger partial charge in [0.05, 0.1) is 0 Å². The third kappa shape index (κ3) is 7.24. The number of hydrogen-bond acceptors (Lipinski definition) is 2. The highest BCUT2D eigenvalue weighted by atomic mass is 15.1. The van der Waals surface area contributed by atoms with Gasteiger partial charge < -0.3 is 10.6 Å². The van der Waals surface area contributed by atoms with Crippen molar-refractivity contribution in [3.8, 4) is 0 Å². The Kier molecular flexibility index (Phi) is 8.96. The second-order valence-electron chi connectivity index (χ2n) is 5.52. The van der Waals surface area contributed by atoms with Crippen LogP contribution in [0.4, 0.5) is 0 Å². The van der Waals surface area contributed by atoms with Gasteiger partial charge in [-0.3, -0.25) is 0 Å². The molecule has 0 bridgehead atoms. The molecule has 0 aliphatic rings. The number of hydrogen-bond donors (Lipinski definition) is 1. The smallest absolute Gasteiger partial charge is 0.00740 e. The number of rotatable bonds is 9. The largest absolute Gasteiger partial charge is 0.327 e. The Morgan fingerprint density at radius 2 is 1.69 bits per heavy atom. The monoisotopic (exact) mass is 228 g/mol. The molecule has 0 radical (unpaired) electrons. The van der Waals surface area contributed by atoms with Crippen molar-refractivity contribution in [1.29, 1.82) is 0 Å². The number of unbranched alkanes of at least 4 members (excludes halogenated alkanes) is 2. The molecule has 0 aromatic carbocycles. The zero-order valence-corrected chi connectivity index (χ0v) is 12.0. The van der Waals surface area contributed by atoms with Crippen LogP contribution in [0, 0.1) is 5.92 Å². The van der Waals surface area contributed by atoms with E-state index in [-0.39, 0.29) is 0 Å². The molecule has 0 aliphatic heterocycles. The van der Waals surface area contributed by atoms with Crippen LogP contribution in [0.5, 0.6) is 0 Å². The minimum atomic E-state index is 0.352. The fourth-order valence-electron chi connectivity index (χ4n) is 1.82. The lowest BCUT2D eigenvalue weighted by molar-refractivity contribution is 0.227. The van der Waals surface area contributed by atoms with Gasteiger partial charge in [0.25, 0.3) is 0 Å². The van der Waals surface area contributed by atoms with E-state index in [0.717, 1.165) is 13.0 Å². The SMILES string of the molecule is CCCCCC(C)N(C)CCC(N)C(C)C. The van der Waals surface area contributed by atoms with Crippen molar-refractivity contribution in [2.24, 2.45) is 11.7 Å². The van der Waals surface area contributed by atoms with Gasteiger partial charge in [-0.25, -0.2) is 0 Å². The van der Waals surface area contributed by atoms with Crippen molar-refractivity contribution in [2.45, 2.75) is 71.9 Å². The van der Waals surface area contributed by atoms with E-state index < -0.39 is 0 Å². The van der Waals surface area contributed by atoms with Crippen LogP contribution < -0.4 is 5.73 Å². The maximum Gasteiger partial charge on any atom is 0.00740 e. The molecule has 0 heterocycles. The van der Waals surface area contributed by atoms with E-state index in [1.165, 1.54) is 25.7 Å². The molecule has 0 rings (SSSR count). The van der Waals surface area contributed by atoms with Crippen molar-refractivity contribution in [2.75, 3.05) is 13.6 Å². The molecule has 0 saturated carbocycles. The third-order valence-electron chi connectivity index (χ3n) is 3.65. The van der Waals surface area contributed by atoms with Gasteiger partial charge in [0, 0.05) is 12.1 Å². The van der Waals surface area contributed by atoms with Crippen LogP contribution >= 0.6 is 0 Å². The van der Waals surface area contributed by atoms with E-state index in [0.29, 0.717) is 18.0 Å². The fourth-order valence-corrected chi connectivity index (χ4v) is 1.82. The summed E-state index contributed by atoms with van der Waals surface area (Å²) in [6.07, 6.45) is 6.48. The highest BCUT2D eigenvalue weighted by molar-refractivity contribution is 4.70. The summed E-state index contributed by atoms with van der Waals surface area (Å²) in [5.74, 6) is 0.601. The van der Waals surface area contributed by atoms with Gasteiger partial charge in [-0.2, -0.15) is 0 Å². The molecule has 16 heavy (non-hydrogen) atoms. The lowest BCUT2D eigenvalue weighted by Gasteiger charge is -2.26. The van der Waals surface area contributed by atoms with E-state index in [2.05, 4.69) is 39.6 Å². The van der Waals surface area contributed by atoms with Gasteiger partial charge in [0.1, 0.15) is 0 Å². The molecule has 2 unspecified atom stereocenters. The summed E-state index contributed by atoms with van der Waals surface area (Å²) in [4.78, 5) is 2.46. The molecule has 0 aromatic heterocycles. The molecule has 0 amide bonds. The molecule has 0 saturated heterocycles. The second-order valence-corrected chi connectivity index (χ2v) is 5.52. The van der Waals surface area contributed by atoms with Crippen LogP contribution in [-0.2, 0) is 0 Å². The Labute approximate surface area is 103 Å². The second kappa shape index (κ2) is 9.00. The molecule has 2 heteroatoms. The lowest BCUT2D eigenvalue weighted by Crippen LogP contribution is -2.35. The summed E-state index contributed by atoms with van der Waals surface area (Å²) in [5.41, 5.74) is 6.06. The summed E-state index contributed by atoms with van der Waals surface area (Å²) < 4.78 is 0. The van der Waals surface area contributed by atoms with Crippen LogP contribution in [0.1, 0.15) is 59.8 Å². The Balaban J connectivity index is 3.65. The van der Waals surface area contributed by atoms with Crippen LogP contribution in [0.2, 0.25) is 0 Å². The first-order valence-corrected chi connectivity index (χ1v) is 6.94. The van der Waals surface area contributed by atoms with Crippen molar-refractivity contribution in [3.05, 3.63) is 0 Å². The Morgan fingerprint density at radius 3 is 2.19 bits per heavy atom. The third-order valence-corrected chi connectivity index (χ3v) is 3.65. The Hall–Kier alpha value is -0.0800. The lowest BCUT2D eigenvalue weighted by atomic mass is 10.0. The van der Waals surface area contributed by atoms with Crippen LogP contribution in [0.25, 0.3) is 0 Å². The van der Waals surface area contributed by atoms with Crippen molar-refractivity contribution in [1.82, 2.24) is 4.90 Å². The molecular weight excluding hydrogens is 196 g/mol. The first-order chi connectivity index (χ1) is 7.49. The van der Waals surface area contributed by atoms with Gasteiger partial charge in [-0.15, -0.1) is 0 Å². The molecule has 0 fully saturated rings.